The van der Waals surface area contributed by atoms with Gasteiger partial charge in [-0.05, 0) is 25.7 Å². The summed E-state index contributed by atoms with van der Waals surface area (Å²) in [4.78, 5) is 56.6. The van der Waals surface area contributed by atoms with Crippen molar-refractivity contribution in [3.8, 4) is 17.2 Å². The van der Waals surface area contributed by atoms with Gasteiger partial charge in [-0.2, -0.15) is 13.2 Å². The highest BCUT2D eigenvalue weighted by atomic mass is 19.4. The van der Waals surface area contributed by atoms with Crippen LogP contribution in [0.25, 0.3) is 0 Å². The number of carbonyl (C=O) groups is 4. The van der Waals surface area contributed by atoms with E-state index in [9.17, 15) is 32.3 Å². The molecule has 4 N–H and O–H groups in total. The number of carbonyl (C=O) groups excluding carboxylic acids is 4. The van der Waals surface area contributed by atoms with Gasteiger partial charge in [-0.1, -0.05) is 194 Å². The third-order valence-corrected chi connectivity index (χ3v) is 13.4. The summed E-state index contributed by atoms with van der Waals surface area (Å²) < 4.78 is 67.1. The Morgan fingerprint density at radius 1 is 0.481 bits per heavy atom. The largest absolute Gasteiger partial charge is 0.492 e. The summed E-state index contributed by atoms with van der Waals surface area (Å²) in [6, 6.07) is 4.67. The first-order valence-corrected chi connectivity index (χ1v) is 30.3. The van der Waals surface area contributed by atoms with E-state index in [1.807, 2.05) is 0 Å². The molecule has 0 bridgehead atoms. The van der Waals surface area contributed by atoms with Crippen molar-refractivity contribution in [1.82, 2.24) is 19.9 Å². The van der Waals surface area contributed by atoms with E-state index in [-0.39, 0.29) is 31.4 Å². The van der Waals surface area contributed by atoms with E-state index >= 15 is 0 Å². The fourth-order valence-electron chi connectivity index (χ4n) is 8.77. The molecule has 1 aliphatic heterocycles. The number of alkyl halides is 3. The van der Waals surface area contributed by atoms with Gasteiger partial charge in [-0.15, -0.1) is 0 Å². The summed E-state index contributed by atoms with van der Waals surface area (Å²) in [5.41, 5.74) is 0.685. The number of H-pyrrole nitrogens is 3. The van der Waals surface area contributed by atoms with Crippen molar-refractivity contribution in [3.63, 3.8) is 0 Å². The second-order valence-corrected chi connectivity index (χ2v) is 20.5. The Bertz CT molecular complexity index is 1970. The van der Waals surface area contributed by atoms with Crippen molar-refractivity contribution < 1.29 is 65.9 Å². The Hall–Kier alpha value is -5.13. The zero-order valence-electron chi connectivity index (χ0n) is 48.6. The number of nitrogens with one attached hydrogen (secondary N) is 3. The first-order chi connectivity index (χ1) is 38.4. The van der Waals surface area contributed by atoms with E-state index in [4.69, 9.17) is 28.8 Å². The van der Waals surface area contributed by atoms with E-state index in [0.29, 0.717) is 61.4 Å². The lowest BCUT2D eigenvalue weighted by molar-refractivity contribution is -0.161. The number of aliphatic hydroxyl groups excluding tert-OH is 1. The van der Waals surface area contributed by atoms with E-state index in [1.54, 1.807) is 29.4 Å². The molecule has 4 heterocycles. The molecule has 79 heavy (non-hydrogen) atoms. The van der Waals surface area contributed by atoms with Crippen LogP contribution in [-0.2, 0) is 19.0 Å². The summed E-state index contributed by atoms with van der Waals surface area (Å²) in [7, 11) is 0. The molecule has 0 radical (unpaired) electrons. The van der Waals surface area contributed by atoms with Crippen molar-refractivity contribution >= 4 is 23.8 Å². The quantitative estimate of drug-likeness (QED) is 0.0239. The van der Waals surface area contributed by atoms with Gasteiger partial charge in [0.05, 0.1) is 33.0 Å². The summed E-state index contributed by atoms with van der Waals surface area (Å²) in [5, 5.41) is 8.62. The van der Waals surface area contributed by atoms with Crippen LogP contribution < -0.4 is 14.2 Å². The Morgan fingerprint density at radius 2 is 0.797 bits per heavy atom. The number of unbranched alkanes of at least 4 members (excludes halogenated alkanes) is 27. The summed E-state index contributed by atoms with van der Waals surface area (Å²) in [6.45, 7) is 8.26. The fraction of sp³-hybridized carbons (Fsp3) is 0.738. The maximum atomic E-state index is 12.1. The van der Waals surface area contributed by atoms with Gasteiger partial charge in [0.25, 0.3) is 0 Å². The molecular weight excluding hydrogens is 1020 g/mol. The van der Waals surface area contributed by atoms with Gasteiger partial charge in [0.2, 0.25) is 5.91 Å². The number of ether oxygens (including phenoxy) is 6. The van der Waals surface area contributed by atoms with Crippen molar-refractivity contribution in [2.24, 2.45) is 0 Å². The van der Waals surface area contributed by atoms with E-state index in [2.05, 4.69) is 40.5 Å². The molecule has 0 aromatic carbocycles. The average molecular weight is 1120 g/mol. The molecule has 0 spiro atoms. The summed E-state index contributed by atoms with van der Waals surface area (Å²) in [6.07, 6.45) is 40.0. The zero-order chi connectivity index (χ0) is 57.4. The van der Waals surface area contributed by atoms with Gasteiger partial charge in [0, 0.05) is 49.8 Å². The number of aliphatic hydroxyl groups is 1. The first kappa shape index (κ1) is 70.0. The Morgan fingerprint density at radius 3 is 1.10 bits per heavy atom. The van der Waals surface area contributed by atoms with Gasteiger partial charge in [-0.25, -0.2) is 14.4 Å². The van der Waals surface area contributed by atoms with Gasteiger partial charge in [-0.3, -0.25) is 4.79 Å². The predicted octanol–water partition coefficient (Wildman–Crippen LogP) is 15.6. The van der Waals surface area contributed by atoms with Crippen LogP contribution in [0.15, 0.2) is 36.8 Å². The van der Waals surface area contributed by atoms with Crippen molar-refractivity contribution in [1.29, 1.82) is 0 Å². The highest BCUT2D eigenvalue weighted by Gasteiger charge is 2.30. The van der Waals surface area contributed by atoms with Crippen LogP contribution in [0.1, 0.15) is 258 Å². The lowest BCUT2D eigenvalue weighted by atomic mass is 10.1. The van der Waals surface area contributed by atoms with Crippen LogP contribution in [-0.4, -0.2) is 114 Å². The number of esters is 3. The SMILES string of the molecule is CCCCCCCCCCCCOc1c[nH]c(C(=O)OCC(F)(F)F)c1.CCCCCCCCCCCCOc1c[nH]c(C(=O)OCCN2CCCC2=O)c1.CCCCCCCCCCCCOc1c[nH]c(C(=O)OCCO)c1. The fourth-order valence-corrected chi connectivity index (χ4v) is 8.77. The van der Waals surface area contributed by atoms with Crippen LogP contribution >= 0.6 is 0 Å². The summed E-state index contributed by atoms with van der Waals surface area (Å²) in [5.74, 6) is -0.0349. The number of hydrogen-bond acceptors (Lipinski definition) is 11. The number of aromatic amines is 3. The third kappa shape index (κ3) is 37.4. The molecule has 1 fully saturated rings. The number of hydrogen-bond donors (Lipinski definition) is 4. The Labute approximate surface area is 470 Å². The van der Waals surface area contributed by atoms with Crippen LogP contribution in [0.3, 0.4) is 0 Å². The maximum absolute atomic E-state index is 12.1. The molecule has 0 aliphatic carbocycles. The van der Waals surface area contributed by atoms with Crippen molar-refractivity contribution in [2.75, 3.05) is 59.3 Å². The van der Waals surface area contributed by atoms with Gasteiger partial charge in [0.15, 0.2) is 6.61 Å². The highest BCUT2D eigenvalue weighted by molar-refractivity contribution is 5.89. The minimum absolute atomic E-state index is 0.00659. The zero-order valence-corrected chi connectivity index (χ0v) is 48.6. The second-order valence-electron chi connectivity index (χ2n) is 20.5. The topological polar surface area (TPSA) is 194 Å². The van der Waals surface area contributed by atoms with E-state index in [1.165, 1.54) is 179 Å². The molecular formula is C61H101F3N4O11. The molecule has 1 aliphatic rings. The average Bonchev–Trinajstić information content (AvgIpc) is 4.30. The molecule has 18 heteroatoms. The van der Waals surface area contributed by atoms with Crippen LogP contribution in [0.4, 0.5) is 13.2 Å². The molecule has 15 nitrogen and oxygen atoms in total. The van der Waals surface area contributed by atoms with Crippen molar-refractivity contribution in [2.45, 2.75) is 232 Å². The molecule has 0 atom stereocenters. The molecule has 4 rings (SSSR count). The normalized spacial score (nSPS) is 12.1. The van der Waals surface area contributed by atoms with Crippen LogP contribution in [0.2, 0.25) is 0 Å². The molecule has 452 valence electrons. The lowest BCUT2D eigenvalue weighted by Gasteiger charge is -2.14. The van der Waals surface area contributed by atoms with Gasteiger partial charge < -0.3 is 53.4 Å². The molecule has 0 unspecified atom stereocenters. The third-order valence-electron chi connectivity index (χ3n) is 13.4. The van der Waals surface area contributed by atoms with Crippen LogP contribution in [0, 0.1) is 0 Å². The van der Waals surface area contributed by atoms with E-state index < -0.39 is 30.7 Å². The number of nitrogens with zero attached hydrogens (tertiary/aromatic N) is 1. The molecule has 3 aromatic heterocycles. The molecule has 1 amide bonds. The number of halogens is 3. The first-order valence-electron chi connectivity index (χ1n) is 30.3. The second kappa shape index (κ2) is 46.6. The lowest BCUT2D eigenvalue weighted by Crippen LogP contribution is -2.29. The number of amides is 1. The molecule has 3 aromatic rings. The minimum Gasteiger partial charge on any atom is -0.492 e. The standard InChI is InChI=1S/C23H38N2O4.C19H30F3NO3.C19H33NO4/c1-2-3-4-5-6-7-8-9-10-11-16-28-20-18-21(24-19-20)23(27)29-17-15-25-14-12-13-22(25)26;1-2-3-4-5-6-7-8-9-10-11-12-25-16-13-17(23-14-16)18(24)26-15-19(20,21)22;1-2-3-4-5-6-7-8-9-10-11-13-23-17-15-18(20-16-17)19(22)24-14-12-21/h18-19,24H,2-17H2,1H3;13-14,23H,2-12,15H2,1H3;15-16,20-21H,2-14H2,1H3. The number of rotatable bonds is 45. The minimum atomic E-state index is -4.53. The van der Waals surface area contributed by atoms with E-state index in [0.717, 1.165) is 38.6 Å². The predicted molar refractivity (Wildman–Crippen MR) is 304 cm³/mol. The van der Waals surface area contributed by atoms with Gasteiger partial charge >= 0.3 is 24.1 Å². The summed E-state index contributed by atoms with van der Waals surface area (Å²) >= 11 is 0. The molecule has 0 saturated carbocycles. The molecule has 1 saturated heterocycles. The monoisotopic (exact) mass is 1120 g/mol. The highest BCUT2D eigenvalue weighted by Crippen LogP contribution is 2.20. The number of aromatic nitrogens is 3. The van der Waals surface area contributed by atoms with Gasteiger partial charge in [0.1, 0.15) is 47.5 Å². The maximum Gasteiger partial charge on any atom is 0.422 e. The number of likely N-dealkylation sites (tertiary alicyclic amines) is 1. The van der Waals surface area contributed by atoms with Crippen molar-refractivity contribution in [3.05, 3.63) is 53.9 Å². The van der Waals surface area contributed by atoms with Crippen LogP contribution in [0.5, 0.6) is 17.2 Å². The smallest absolute Gasteiger partial charge is 0.422 e. The Balaban J connectivity index is 0.000000407. The Kier molecular flexibility index (Phi) is 41.3.